The lowest BCUT2D eigenvalue weighted by Crippen LogP contribution is -2.46. The number of aryl methyl sites for hydroxylation is 2. The van der Waals surface area contributed by atoms with E-state index >= 15 is 0 Å². The number of aliphatic hydroxyl groups is 1. The zero-order valence-corrected chi connectivity index (χ0v) is 13.7. The molecule has 1 saturated heterocycles. The highest BCUT2D eigenvalue weighted by Crippen LogP contribution is 2.32. The average Bonchev–Trinajstić information content (AvgIpc) is 2.73. The highest BCUT2D eigenvalue weighted by atomic mass is 32.2. The van der Waals surface area contributed by atoms with Crippen molar-refractivity contribution in [2.45, 2.75) is 44.8 Å². The van der Waals surface area contributed by atoms with Gasteiger partial charge < -0.3 is 14.3 Å². The summed E-state index contributed by atoms with van der Waals surface area (Å²) in [6, 6.07) is 0. The predicted molar refractivity (Wildman–Crippen MR) is 77.4 cm³/mol. The molecule has 0 aliphatic carbocycles. The van der Waals surface area contributed by atoms with Gasteiger partial charge in [0.1, 0.15) is 16.4 Å². The van der Waals surface area contributed by atoms with E-state index in [0.717, 1.165) is 6.42 Å². The second-order valence-electron chi connectivity index (χ2n) is 5.58. The van der Waals surface area contributed by atoms with E-state index in [1.54, 1.807) is 21.0 Å². The first-order chi connectivity index (χ1) is 9.82. The Morgan fingerprint density at radius 3 is 2.62 bits per heavy atom. The topological polar surface area (TPSA) is 80.0 Å². The minimum Gasteiger partial charge on any atom is -0.465 e. The van der Waals surface area contributed by atoms with Gasteiger partial charge in [0.05, 0.1) is 12.7 Å². The van der Waals surface area contributed by atoms with E-state index in [4.69, 9.17) is 9.15 Å². The second-order valence-corrected chi connectivity index (χ2v) is 7.46. The SMILES string of the molecule is COC1CN(S(=O)(=O)c2c(C)oc(C)c2CO)CCC1C. The number of furan rings is 1. The van der Waals surface area contributed by atoms with E-state index in [0.29, 0.717) is 36.1 Å². The Labute approximate surface area is 125 Å². The molecule has 0 spiro atoms. The Morgan fingerprint density at radius 1 is 1.38 bits per heavy atom. The maximum Gasteiger partial charge on any atom is 0.247 e. The summed E-state index contributed by atoms with van der Waals surface area (Å²) in [4.78, 5) is 0.104. The van der Waals surface area contributed by atoms with Crippen molar-refractivity contribution in [3.05, 3.63) is 17.1 Å². The number of piperidine rings is 1. The zero-order valence-electron chi connectivity index (χ0n) is 12.9. The summed E-state index contributed by atoms with van der Waals surface area (Å²) in [6.45, 7) is 5.76. The Kier molecular flexibility index (Phi) is 4.77. The molecule has 1 aromatic heterocycles. The molecule has 7 heteroatoms. The van der Waals surface area contributed by atoms with Crippen LogP contribution in [-0.4, -0.2) is 44.1 Å². The van der Waals surface area contributed by atoms with Crippen molar-refractivity contribution in [2.24, 2.45) is 5.92 Å². The van der Waals surface area contributed by atoms with E-state index in [9.17, 15) is 13.5 Å². The maximum absolute atomic E-state index is 12.9. The zero-order chi connectivity index (χ0) is 15.8. The number of hydrogen-bond donors (Lipinski definition) is 1. The first-order valence-electron chi connectivity index (χ1n) is 7.05. The van der Waals surface area contributed by atoms with Crippen LogP contribution in [0, 0.1) is 19.8 Å². The lowest BCUT2D eigenvalue weighted by Gasteiger charge is -2.35. The standard InChI is InChI=1S/C14H23NO5S/c1-9-5-6-15(7-13(9)19-4)21(17,18)14-11(3)20-10(2)12(14)8-16/h9,13,16H,5-8H2,1-4H3. The molecular formula is C14H23NO5S. The number of aliphatic hydroxyl groups excluding tert-OH is 1. The van der Waals surface area contributed by atoms with Crippen LogP contribution in [0.25, 0.3) is 0 Å². The number of nitrogens with zero attached hydrogens (tertiary/aromatic N) is 1. The molecule has 1 fully saturated rings. The van der Waals surface area contributed by atoms with Crippen LogP contribution in [0.5, 0.6) is 0 Å². The van der Waals surface area contributed by atoms with Crippen molar-refractivity contribution >= 4 is 10.0 Å². The molecule has 1 aliphatic rings. The van der Waals surface area contributed by atoms with Crippen molar-refractivity contribution in [1.82, 2.24) is 4.31 Å². The monoisotopic (exact) mass is 317 g/mol. The molecule has 2 rings (SSSR count). The van der Waals surface area contributed by atoms with Gasteiger partial charge in [0.2, 0.25) is 10.0 Å². The summed E-state index contributed by atoms with van der Waals surface area (Å²) in [5, 5.41) is 9.45. The lowest BCUT2D eigenvalue weighted by atomic mass is 9.97. The van der Waals surface area contributed by atoms with Crippen molar-refractivity contribution in [3.8, 4) is 0 Å². The van der Waals surface area contributed by atoms with E-state index in [-0.39, 0.29) is 17.6 Å². The Balaban J connectivity index is 2.39. The maximum atomic E-state index is 12.9. The van der Waals surface area contributed by atoms with Gasteiger partial charge in [0.15, 0.2) is 0 Å². The highest BCUT2D eigenvalue weighted by Gasteiger charge is 2.37. The van der Waals surface area contributed by atoms with Gasteiger partial charge in [-0.3, -0.25) is 0 Å². The van der Waals surface area contributed by atoms with Gasteiger partial charge in [-0.25, -0.2) is 8.42 Å². The number of ether oxygens (including phenoxy) is 1. The van der Waals surface area contributed by atoms with Gasteiger partial charge in [-0.2, -0.15) is 4.31 Å². The fourth-order valence-electron chi connectivity index (χ4n) is 2.89. The molecular weight excluding hydrogens is 294 g/mol. The molecule has 6 nitrogen and oxygen atoms in total. The summed E-state index contributed by atoms with van der Waals surface area (Å²) in [6.07, 6.45) is 0.640. The smallest absolute Gasteiger partial charge is 0.247 e. The third kappa shape index (κ3) is 2.88. The van der Waals surface area contributed by atoms with Gasteiger partial charge in [0, 0.05) is 25.8 Å². The molecule has 1 aromatic rings. The average molecular weight is 317 g/mol. The molecule has 0 amide bonds. The predicted octanol–water partition coefficient (Wildman–Crippen LogP) is 1.43. The van der Waals surface area contributed by atoms with E-state index in [2.05, 4.69) is 6.92 Å². The van der Waals surface area contributed by atoms with Crippen LogP contribution in [0.3, 0.4) is 0 Å². The van der Waals surface area contributed by atoms with Gasteiger partial charge in [-0.05, 0) is 26.2 Å². The van der Waals surface area contributed by atoms with Crippen molar-refractivity contribution in [1.29, 1.82) is 0 Å². The molecule has 120 valence electrons. The van der Waals surface area contributed by atoms with Crippen LogP contribution >= 0.6 is 0 Å². The third-order valence-corrected chi connectivity index (χ3v) is 6.30. The molecule has 1 N–H and O–H groups in total. The molecule has 0 aromatic carbocycles. The Bertz CT molecular complexity index is 607. The van der Waals surface area contributed by atoms with E-state index < -0.39 is 10.0 Å². The van der Waals surface area contributed by atoms with Crippen LogP contribution < -0.4 is 0 Å². The lowest BCUT2D eigenvalue weighted by molar-refractivity contribution is 0.0183. The van der Waals surface area contributed by atoms with Gasteiger partial charge in [0.25, 0.3) is 0 Å². The quantitative estimate of drug-likeness (QED) is 0.909. The molecule has 2 unspecified atom stereocenters. The summed E-state index contributed by atoms with van der Waals surface area (Å²) in [7, 11) is -2.08. The number of hydrogen-bond acceptors (Lipinski definition) is 5. The van der Waals surface area contributed by atoms with Crippen LogP contribution in [0.2, 0.25) is 0 Å². The van der Waals surface area contributed by atoms with Crippen LogP contribution in [-0.2, 0) is 21.4 Å². The first-order valence-corrected chi connectivity index (χ1v) is 8.49. The normalized spacial score (nSPS) is 24.4. The number of methoxy groups -OCH3 is 1. The van der Waals surface area contributed by atoms with Crippen LogP contribution in [0.1, 0.15) is 30.4 Å². The fourth-order valence-corrected chi connectivity index (χ4v) is 4.76. The van der Waals surface area contributed by atoms with Crippen LogP contribution in [0.4, 0.5) is 0 Å². The molecule has 0 radical (unpaired) electrons. The first kappa shape index (κ1) is 16.5. The minimum absolute atomic E-state index is 0.104. The number of rotatable bonds is 4. The number of sulfonamides is 1. The summed E-state index contributed by atoms with van der Waals surface area (Å²) in [5.41, 5.74) is 0.347. The second kappa shape index (κ2) is 6.08. The summed E-state index contributed by atoms with van der Waals surface area (Å²) < 4.78 is 37.9. The highest BCUT2D eigenvalue weighted by molar-refractivity contribution is 7.89. The molecule has 2 heterocycles. The van der Waals surface area contributed by atoms with Crippen molar-refractivity contribution in [2.75, 3.05) is 20.2 Å². The molecule has 0 bridgehead atoms. The Hall–Kier alpha value is -0.890. The molecule has 0 saturated carbocycles. The van der Waals surface area contributed by atoms with Gasteiger partial charge in [-0.1, -0.05) is 6.92 Å². The van der Waals surface area contributed by atoms with Crippen molar-refractivity contribution in [3.63, 3.8) is 0 Å². The van der Waals surface area contributed by atoms with E-state index in [1.807, 2.05) is 0 Å². The third-order valence-electron chi connectivity index (χ3n) is 4.24. The molecule has 2 atom stereocenters. The van der Waals surface area contributed by atoms with Gasteiger partial charge in [-0.15, -0.1) is 0 Å². The summed E-state index contributed by atoms with van der Waals surface area (Å²) >= 11 is 0. The minimum atomic E-state index is -3.68. The summed E-state index contributed by atoms with van der Waals surface area (Å²) in [5.74, 6) is 1.09. The van der Waals surface area contributed by atoms with Crippen molar-refractivity contribution < 1.29 is 22.7 Å². The van der Waals surface area contributed by atoms with Gasteiger partial charge >= 0.3 is 0 Å². The molecule has 21 heavy (non-hydrogen) atoms. The largest absolute Gasteiger partial charge is 0.465 e. The fraction of sp³-hybridized carbons (Fsp3) is 0.714. The van der Waals surface area contributed by atoms with E-state index in [1.165, 1.54) is 4.31 Å². The Morgan fingerprint density at radius 2 is 2.05 bits per heavy atom. The molecule has 1 aliphatic heterocycles. The van der Waals surface area contributed by atoms with Crippen LogP contribution in [0.15, 0.2) is 9.31 Å².